The van der Waals surface area contributed by atoms with Crippen LogP contribution in [0.5, 0.6) is 0 Å². The molecule has 0 saturated carbocycles. The lowest BCUT2D eigenvalue weighted by molar-refractivity contribution is 0.111. The van der Waals surface area contributed by atoms with Gasteiger partial charge in [0.05, 0.1) is 0 Å². The molecule has 0 unspecified atom stereocenters. The fourth-order valence-corrected chi connectivity index (χ4v) is 2.18. The van der Waals surface area contributed by atoms with Crippen molar-refractivity contribution in [1.29, 1.82) is 0 Å². The van der Waals surface area contributed by atoms with E-state index in [1.54, 1.807) is 36.0 Å². The maximum absolute atomic E-state index is 10.5. The van der Waals surface area contributed by atoms with Crippen molar-refractivity contribution in [2.24, 2.45) is 0 Å². The van der Waals surface area contributed by atoms with E-state index in [9.17, 15) is 9.59 Å². The van der Waals surface area contributed by atoms with Crippen LogP contribution in [0.1, 0.15) is 20.7 Å². The Hall–Kier alpha value is -1.87. The Morgan fingerprint density at radius 1 is 0.647 bits per heavy atom. The van der Waals surface area contributed by atoms with Crippen LogP contribution in [0.15, 0.2) is 58.3 Å². The summed E-state index contributed by atoms with van der Waals surface area (Å²) >= 11 is 1.59. The van der Waals surface area contributed by atoms with Gasteiger partial charge in [-0.2, -0.15) is 0 Å². The van der Waals surface area contributed by atoms with Crippen LogP contribution in [-0.2, 0) is 0 Å². The third-order valence-electron chi connectivity index (χ3n) is 2.27. The molecular formula is C14H10O2S. The van der Waals surface area contributed by atoms with E-state index in [1.165, 1.54) is 0 Å². The molecule has 0 fully saturated rings. The summed E-state index contributed by atoms with van der Waals surface area (Å²) in [7, 11) is 0. The standard InChI is InChI=1S/C14H10O2S/c15-9-11-1-5-13(6-2-11)17-14-7-3-12(10-16)4-8-14/h1-10H. The van der Waals surface area contributed by atoms with Crippen LogP contribution in [0.4, 0.5) is 0 Å². The first-order chi connectivity index (χ1) is 8.31. The summed E-state index contributed by atoms with van der Waals surface area (Å²) in [5.41, 5.74) is 1.34. The van der Waals surface area contributed by atoms with Crippen molar-refractivity contribution >= 4 is 24.3 Å². The molecule has 0 N–H and O–H groups in total. The van der Waals surface area contributed by atoms with E-state index < -0.39 is 0 Å². The maximum atomic E-state index is 10.5. The molecule has 2 rings (SSSR count). The largest absolute Gasteiger partial charge is 0.298 e. The molecule has 0 spiro atoms. The number of carbonyl (C=O) groups is 2. The average Bonchev–Trinajstić information content (AvgIpc) is 2.40. The summed E-state index contributed by atoms with van der Waals surface area (Å²) in [4.78, 5) is 23.1. The number of carbonyl (C=O) groups excluding carboxylic acids is 2. The molecule has 0 saturated heterocycles. The highest BCUT2D eigenvalue weighted by Gasteiger charge is 1.98. The number of hydrogen-bond donors (Lipinski definition) is 0. The molecule has 0 atom stereocenters. The molecule has 0 aliphatic carbocycles. The molecule has 0 bridgehead atoms. The van der Waals surface area contributed by atoms with Gasteiger partial charge in [-0.3, -0.25) is 9.59 Å². The van der Waals surface area contributed by atoms with Crippen LogP contribution in [-0.4, -0.2) is 12.6 Å². The molecule has 84 valence electrons. The van der Waals surface area contributed by atoms with Gasteiger partial charge in [-0.25, -0.2) is 0 Å². The van der Waals surface area contributed by atoms with Gasteiger partial charge in [0.25, 0.3) is 0 Å². The van der Waals surface area contributed by atoms with Crippen LogP contribution in [0.25, 0.3) is 0 Å². The highest BCUT2D eigenvalue weighted by atomic mass is 32.2. The van der Waals surface area contributed by atoms with E-state index >= 15 is 0 Å². The Morgan fingerprint density at radius 3 is 1.29 bits per heavy atom. The van der Waals surface area contributed by atoms with E-state index in [-0.39, 0.29) is 0 Å². The van der Waals surface area contributed by atoms with Gasteiger partial charge < -0.3 is 0 Å². The lowest BCUT2D eigenvalue weighted by Crippen LogP contribution is -1.80. The van der Waals surface area contributed by atoms with E-state index in [1.807, 2.05) is 24.3 Å². The van der Waals surface area contributed by atoms with Gasteiger partial charge in [-0.05, 0) is 24.3 Å². The summed E-state index contributed by atoms with van der Waals surface area (Å²) in [6.07, 6.45) is 1.65. The Balaban J connectivity index is 2.13. The topological polar surface area (TPSA) is 34.1 Å². The summed E-state index contributed by atoms with van der Waals surface area (Å²) in [5.74, 6) is 0. The normalized spacial score (nSPS) is 9.88. The predicted octanol–water partition coefficient (Wildman–Crippen LogP) is 3.46. The zero-order valence-corrected chi connectivity index (χ0v) is 9.81. The number of hydrogen-bond acceptors (Lipinski definition) is 3. The summed E-state index contributed by atoms with van der Waals surface area (Å²) < 4.78 is 0. The van der Waals surface area contributed by atoms with Crippen molar-refractivity contribution in [3.8, 4) is 0 Å². The van der Waals surface area contributed by atoms with Crippen LogP contribution in [0, 0.1) is 0 Å². The van der Waals surface area contributed by atoms with Crippen LogP contribution >= 0.6 is 11.8 Å². The number of benzene rings is 2. The van der Waals surface area contributed by atoms with Crippen LogP contribution in [0.3, 0.4) is 0 Å². The Morgan fingerprint density at radius 2 is 1.00 bits per heavy atom. The molecule has 2 nitrogen and oxygen atoms in total. The van der Waals surface area contributed by atoms with Crippen molar-refractivity contribution in [2.45, 2.75) is 9.79 Å². The van der Waals surface area contributed by atoms with Crippen LogP contribution < -0.4 is 0 Å². The molecule has 0 aromatic heterocycles. The number of aldehydes is 2. The van der Waals surface area contributed by atoms with Crippen molar-refractivity contribution in [1.82, 2.24) is 0 Å². The van der Waals surface area contributed by atoms with Gasteiger partial charge in [0, 0.05) is 20.9 Å². The molecule has 2 aromatic rings. The minimum atomic E-state index is 0.672. The smallest absolute Gasteiger partial charge is 0.150 e. The van der Waals surface area contributed by atoms with Crippen molar-refractivity contribution in [3.05, 3.63) is 59.7 Å². The molecule has 0 amide bonds. The fraction of sp³-hybridized carbons (Fsp3) is 0. The predicted molar refractivity (Wildman–Crippen MR) is 67.8 cm³/mol. The number of rotatable bonds is 4. The van der Waals surface area contributed by atoms with Crippen LogP contribution in [0.2, 0.25) is 0 Å². The second-order valence-corrected chi connectivity index (χ2v) is 4.62. The van der Waals surface area contributed by atoms with Gasteiger partial charge in [-0.15, -0.1) is 0 Å². The fourth-order valence-electron chi connectivity index (χ4n) is 1.36. The Kier molecular flexibility index (Phi) is 3.73. The van der Waals surface area contributed by atoms with Gasteiger partial charge in [-0.1, -0.05) is 36.0 Å². The average molecular weight is 242 g/mol. The van der Waals surface area contributed by atoms with E-state index in [0.29, 0.717) is 11.1 Å². The molecule has 2 aromatic carbocycles. The van der Waals surface area contributed by atoms with E-state index in [2.05, 4.69) is 0 Å². The Bertz CT molecular complexity index is 465. The summed E-state index contributed by atoms with van der Waals surface area (Å²) in [5, 5.41) is 0. The Labute approximate surface area is 104 Å². The molecule has 0 heterocycles. The molecule has 0 aliphatic rings. The quantitative estimate of drug-likeness (QED) is 0.770. The lowest BCUT2D eigenvalue weighted by atomic mass is 10.2. The second-order valence-electron chi connectivity index (χ2n) is 3.48. The molecule has 0 aliphatic heterocycles. The first-order valence-corrected chi connectivity index (χ1v) is 5.92. The van der Waals surface area contributed by atoms with E-state index in [4.69, 9.17) is 0 Å². The van der Waals surface area contributed by atoms with Gasteiger partial charge >= 0.3 is 0 Å². The van der Waals surface area contributed by atoms with Gasteiger partial charge in [0.2, 0.25) is 0 Å². The first kappa shape index (κ1) is 11.6. The third kappa shape index (κ3) is 3.04. The van der Waals surface area contributed by atoms with Gasteiger partial charge in [0.15, 0.2) is 0 Å². The summed E-state index contributed by atoms with van der Waals surface area (Å²) in [6.45, 7) is 0. The minimum absolute atomic E-state index is 0.672. The van der Waals surface area contributed by atoms with Crippen molar-refractivity contribution in [2.75, 3.05) is 0 Å². The first-order valence-electron chi connectivity index (χ1n) is 5.10. The molecule has 0 radical (unpaired) electrons. The lowest BCUT2D eigenvalue weighted by Gasteiger charge is -2.01. The zero-order valence-electron chi connectivity index (χ0n) is 9.00. The minimum Gasteiger partial charge on any atom is -0.298 e. The highest BCUT2D eigenvalue weighted by Crippen LogP contribution is 2.27. The van der Waals surface area contributed by atoms with Crippen molar-refractivity contribution in [3.63, 3.8) is 0 Å². The zero-order chi connectivity index (χ0) is 12.1. The second kappa shape index (κ2) is 5.46. The third-order valence-corrected chi connectivity index (χ3v) is 3.28. The summed E-state index contributed by atoms with van der Waals surface area (Å²) in [6, 6.07) is 14.8. The molecular weight excluding hydrogens is 232 g/mol. The molecule has 3 heteroatoms. The maximum Gasteiger partial charge on any atom is 0.150 e. The van der Waals surface area contributed by atoms with E-state index in [0.717, 1.165) is 22.4 Å². The SMILES string of the molecule is O=Cc1ccc(Sc2ccc(C=O)cc2)cc1. The van der Waals surface area contributed by atoms with Gasteiger partial charge in [0.1, 0.15) is 12.6 Å². The van der Waals surface area contributed by atoms with Crippen molar-refractivity contribution < 1.29 is 9.59 Å². The monoisotopic (exact) mass is 242 g/mol. The molecule has 17 heavy (non-hydrogen) atoms. The highest BCUT2D eigenvalue weighted by molar-refractivity contribution is 7.99.